The molecule has 19 heavy (non-hydrogen) atoms. The van der Waals surface area contributed by atoms with E-state index in [9.17, 15) is 0 Å². The third kappa shape index (κ3) is 2.19. The molecule has 0 aromatic carbocycles. The van der Waals surface area contributed by atoms with Crippen LogP contribution in [0.3, 0.4) is 0 Å². The van der Waals surface area contributed by atoms with Crippen molar-refractivity contribution >= 4 is 0 Å². The molecule has 0 bridgehead atoms. The van der Waals surface area contributed by atoms with Crippen LogP contribution in [0.1, 0.15) is 70.0 Å². The van der Waals surface area contributed by atoms with E-state index in [4.69, 9.17) is 15.0 Å². The highest BCUT2D eigenvalue weighted by molar-refractivity contribution is 5.10. The van der Waals surface area contributed by atoms with Gasteiger partial charge in [-0.2, -0.15) is 4.98 Å². The van der Waals surface area contributed by atoms with Gasteiger partial charge in [0.05, 0.1) is 5.54 Å². The molecular formula is C14H23N3O2. The Morgan fingerprint density at radius 1 is 1.16 bits per heavy atom. The van der Waals surface area contributed by atoms with Gasteiger partial charge in [-0.25, -0.2) is 0 Å². The Kier molecular flexibility index (Phi) is 3.35. The van der Waals surface area contributed by atoms with Crippen LogP contribution in [0.15, 0.2) is 4.52 Å². The Balaban J connectivity index is 1.87. The monoisotopic (exact) mass is 265 g/mol. The van der Waals surface area contributed by atoms with E-state index < -0.39 is 5.54 Å². The molecule has 3 rings (SSSR count). The molecule has 2 fully saturated rings. The summed E-state index contributed by atoms with van der Waals surface area (Å²) in [5.41, 5.74) is 5.64. The van der Waals surface area contributed by atoms with Crippen molar-refractivity contribution in [2.45, 2.75) is 69.4 Å². The molecule has 2 aliphatic rings. The van der Waals surface area contributed by atoms with Crippen molar-refractivity contribution < 1.29 is 9.26 Å². The third-order valence-corrected chi connectivity index (χ3v) is 4.59. The second kappa shape index (κ2) is 4.87. The van der Waals surface area contributed by atoms with Gasteiger partial charge < -0.3 is 15.0 Å². The van der Waals surface area contributed by atoms with Crippen LogP contribution in [0.25, 0.3) is 0 Å². The highest BCUT2D eigenvalue weighted by Crippen LogP contribution is 2.42. The van der Waals surface area contributed by atoms with Crippen LogP contribution < -0.4 is 5.73 Å². The SMILES string of the molecule is CCOC1(c2noc(C3(N)CCCC3)n2)CCCC1. The van der Waals surface area contributed by atoms with Crippen molar-refractivity contribution in [3.8, 4) is 0 Å². The lowest BCUT2D eigenvalue weighted by Crippen LogP contribution is -2.34. The normalized spacial score (nSPS) is 24.9. The van der Waals surface area contributed by atoms with Crippen LogP contribution in [0.4, 0.5) is 0 Å². The van der Waals surface area contributed by atoms with Crippen LogP contribution in [0, 0.1) is 0 Å². The highest BCUT2D eigenvalue weighted by Gasteiger charge is 2.43. The minimum atomic E-state index is -0.405. The number of ether oxygens (including phenoxy) is 1. The molecule has 5 heteroatoms. The zero-order chi connectivity index (χ0) is 13.3. The molecule has 2 saturated carbocycles. The minimum Gasteiger partial charge on any atom is -0.367 e. The molecule has 106 valence electrons. The minimum absolute atomic E-state index is 0.328. The standard InChI is InChI=1S/C14H23N3O2/c1-2-18-14(9-5-6-10-14)11-16-12(19-17-11)13(15)7-3-4-8-13/h2-10,15H2,1H3. The van der Waals surface area contributed by atoms with Gasteiger partial charge in [-0.15, -0.1) is 0 Å². The molecule has 2 aliphatic carbocycles. The summed E-state index contributed by atoms with van der Waals surface area (Å²) < 4.78 is 11.4. The van der Waals surface area contributed by atoms with Crippen molar-refractivity contribution in [2.75, 3.05) is 6.61 Å². The summed E-state index contributed by atoms with van der Waals surface area (Å²) in [5, 5.41) is 4.19. The van der Waals surface area contributed by atoms with Gasteiger partial charge >= 0.3 is 0 Å². The van der Waals surface area contributed by atoms with E-state index in [0.717, 1.165) is 51.4 Å². The zero-order valence-electron chi connectivity index (χ0n) is 11.7. The fourth-order valence-electron chi connectivity index (χ4n) is 3.49. The Bertz CT molecular complexity index is 432. The summed E-state index contributed by atoms with van der Waals surface area (Å²) in [5.74, 6) is 1.31. The van der Waals surface area contributed by atoms with E-state index in [1.165, 1.54) is 0 Å². The van der Waals surface area contributed by atoms with E-state index >= 15 is 0 Å². The molecule has 0 atom stereocenters. The Hall–Kier alpha value is -0.940. The van der Waals surface area contributed by atoms with Crippen molar-refractivity contribution in [3.05, 3.63) is 11.7 Å². The largest absolute Gasteiger partial charge is 0.367 e. The van der Waals surface area contributed by atoms with Gasteiger partial charge in [0.25, 0.3) is 0 Å². The predicted octanol–water partition coefficient (Wildman–Crippen LogP) is 2.60. The van der Waals surface area contributed by atoms with Crippen LogP contribution in [-0.4, -0.2) is 16.7 Å². The highest BCUT2D eigenvalue weighted by atomic mass is 16.5. The molecule has 0 spiro atoms. The van der Waals surface area contributed by atoms with E-state index in [1.807, 2.05) is 6.92 Å². The van der Waals surface area contributed by atoms with Gasteiger partial charge in [0.15, 0.2) is 0 Å². The van der Waals surface area contributed by atoms with Crippen LogP contribution in [0.5, 0.6) is 0 Å². The summed E-state index contributed by atoms with van der Waals surface area (Å²) >= 11 is 0. The van der Waals surface area contributed by atoms with Gasteiger partial charge in [0.2, 0.25) is 11.7 Å². The summed E-state index contributed by atoms with van der Waals surface area (Å²) in [6.07, 6.45) is 8.46. The number of nitrogens with two attached hydrogens (primary N) is 1. The molecule has 0 unspecified atom stereocenters. The van der Waals surface area contributed by atoms with Crippen molar-refractivity contribution in [1.82, 2.24) is 10.1 Å². The first-order valence-corrected chi connectivity index (χ1v) is 7.46. The number of aromatic nitrogens is 2. The van der Waals surface area contributed by atoms with E-state index in [0.29, 0.717) is 18.3 Å². The van der Waals surface area contributed by atoms with E-state index in [-0.39, 0.29) is 5.60 Å². The number of hydrogen-bond donors (Lipinski definition) is 1. The number of rotatable bonds is 4. The molecule has 0 radical (unpaired) electrons. The molecule has 1 aromatic heterocycles. The number of nitrogens with zero attached hydrogens (tertiary/aromatic N) is 2. The molecule has 5 nitrogen and oxygen atoms in total. The molecule has 0 saturated heterocycles. The first kappa shape index (κ1) is 13.1. The quantitative estimate of drug-likeness (QED) is 0.905. The first-order chi connectivity index (χ1) is 9.19. The Labute approximate surface area is 113 Å². The second-order valence-electron chi connectivity index (χ2n) is 5.92. The second-order valence-corrected chi connectivity index (χ2v) is 5.92. The lowest BCUT2D eigenvalue weighted by Gasteiger charge is -2.25. The predicted molar refractivity (Wildman–Crippen MR) is 70.4 cm³/mol. The van der Waals surface area contributed by atoms with Crippen LogP contribution in [-0.2, 0) is 15.9 Å². The van der Waals surface area contributed by atoms with Crippen LogP contribution in [0.2, 0.25) is 0 Å². The Morgan fingerprint density at radius 3 is 2.42 bits per heavy atom. The average Bonchev–Trinajstić information content (AvgIpc) is 3.07. The smallest absolute Gasteiger partial charge is 0.246 e. The molecule has 0 amide bonds. The summed E-state index contributed by atoms with van der Waals surface area (Å²) in [6.45, 7) is 2.69. The summed E-state index contributed by atoms with van der Waals surface area (Å²) in [4.78, 5) is 4.61. The van der Waals surface area contributed by atoms with Gasteiger partial charge in [-0.1, -0.05) is 18.0 Å². The molecule has 1 aromatic rings. The van der Waals surface area contributed by atoms with Crippen molar-refractivity contribution in [3.63, 3.8) is 0 Å². The molecule has 2 N–H and O–H groups in total. The maximum Gasteiger partial charge on any atom is 0.246 e. The topological polar surface area (TPSA) is 74.2 Å². The first-order valence-electron chi connectivity index (χ1n) is 7.46. The molecule has 1 heterocycles. The molecule has 0 aliphatic heterocycles. The fraction of sp³-hybridized carbons (Fsp3) is 0.857. The molecular weight excluding hydrogens is 242 g/mol. The van der Waals surface area contributed by atoms with Crippen molar-refractivity contribution in [2.24, 2.45) is 5.73 Å². The lowest BCUT2D eigenvalue weighted by molar-refractivity contribution is -0.0469. The van der Waals surface area contributed by atoms with E-state index in [2.05, 4.69) is 10.1 Å². The van der Waals surface area contributed by atoms with Gasteiger partial charge in [0.1, 0.15) is 5.60 Å². The Morgan fingerprint density at radius 2 is 1.79 bits per heavy atom. The van der Waals surface area contributed by atoms with Gasteiger partial charge in [-0.05, 0) is 45.4 Å². The zero-order valence-corrected chi connectivity index (χ0v) is 11.7. The average molecular weight is 265 g/mol. The summed E-state index contributed by atoms with van der Waals surface area (Å²) in [6, 6.07) is 0. The third-order valence-electron chi connectivity index (χ3n) is 4.59. The van der Waals surface area contributed by atoms with Gasteiger partial charge in [0, 0.05) is 6.61 Å². The maximum absolute atomic E-state index is 6.37. The van der Waals surface area contributed by atoms with Crippen molar-refractivity contribution in [1.29, 1.82) is 0 Å². The fourth-order valence-corrected chi connectivity index (χ4v) is 3.49. The lowest BCUT2D eigenvalue weighted by atomic mass is 9.98. The maximum atomic E-state index is 6.37. The summed E-state index contributed by atoms with van der Waals surface area (Å²) in [7, 11) is 0. The van der Waals surface area contributed by atoms with E-state index in [1.54, 1.807) is 0 Å². The van der Waals surface area contributed by atoms with Crippen LogP contribution >= 0.6 is 0 Å². The number of hydrogen-bond acceptors (Lipinski definition) is 5. The van der Waals surface area contributed by atoms with Gasteiger partial charge in [-0.3, -0.25) is 0 Å².